The van der Waals surface area contributed by atoms with Gasteiger partial charge >= 0.3 is 0 Å². The van der Waals surface area contributed by atoms with E-state index in [9.17, 15) is 9.59 Å². The number of aromatic nitrogens is 2. The maximum Gasteiger partial charge on any atom is 0.245 e. The minimum Gasteiger partial charge on any atom is -0.362 e. The molecule has 3 atom stereocenters. The molecule has 33 heavy (non-hydrogen) atoms. The highest BCUT2D eigenvalue weighted by molar-refractivity contribution is 6.35. The molecule has 2 aromatic rings. The Morgan fingerprint density at radius 1 is 1.24 bits per heavy atom. The van der Waals surface area contributed by atoms with Gasteiger partial charge in [-0.15, -0.1) is 0 Å². The number of piperazine rings is 1. The number of amides is 2. The van der Waals surface area contributed by atoms with Crippen LogP contribution in [0.25, 0.3) is 0 Å². The van der Waals surface area contributed by atoms with Gasteiger partial charge in [0.15, 0.2) is 5.82 Å². The Kier molecular flexibility index (Phi) is 7.16. The quantitative estimate of drug-likeness (QED) is 0.632. The highest BCUT2D eigenvalue weighted by Gasteiger charge is 2.35. The van der Waals surface area contributed by atoms with E-state index in [1.165, 1.54) is 0 Å². The lowest BCUT2D eigenvalue weighted by Crippen LogP contribution is -2.57. The van der Waals surface area contributed by atoms with Gasteiger partial charge < -0.3 is 20.4 Å². The summed E-state index contributed by atoms with van der Waals surface area (Å²) < 4.78 is 0. The summed E-state index contributed by atoms with van der Waals surface area (Å²) in [5.74, 6) is 0.939. The molecular formula is C22H25Cl3N6O2. The van der Waals surface area contributed by atoms with E-state index in [0.29, 0.717) is 59.3 Å². The van der Waals surface area contributed by atoms with Gasteiger partial charge in [-0.1, -0.05) is 40.9 Å². The van der Waals surface area contributed by atoms with Gasteiger partial charge in [-0.05, 0) is 38.0 Å². The van der Waals surface area contributed by atoms with Crippen molar-refractivity contribution in [2.45, 2.75) is 44.8 Å². The van der Waals surface area contributed by atoms with Crippen LogP contribution in [0.2, 0.25) is 15.1 Å². The molecule has 11 heteroatoms. The van der Waals surface area contributed by atoms with Crippen molar-refractivity contribution < 1.29 is 9.59 Å². The van der Waals surface area contributed by atoms with Gasteiger partial charge in [0, 0.05) is 42.1 Å². The molecule has 2 saturated heterocycles. The number of halogens is 3. The summed E-state index contributed by atoms with van der Waals surface area (Å²) in [5, 5.41) is 7.58. The fourth-order valence-corrected chi connectivity index (χ4v) is 4.93. The maximum absolute atomic E-state index is 12.8. The Morgan fingerprint density at radius 2 is 2.03 bits per heavy atom. The number of nitrogens with zero attached hydrogens (tertiary/aromatic N) is 4. The standard InChI is InChI=1S/C22H25Cl3N6O2/c1-12-11-30(21(33)18-5-6-19(32)28-18)7-8-31(12)22-26-10-17(25)20(29-22)27-13(2)15-4-3-14(23)9-16(15)24/h3-4,9-10,12-13,18H,5-8,11H2,1-2H3,(H,28,32)(H,26,27,29)/t12?,13-,18?/m1/s1. The van der Waals surface area contributed by atoms with E-state index in [2.05, 4.69) is 25.5 Å². The lowest BCUT2D eigenvalue weighted by atomic mass is 10.1. The monoisotopic (exact) mass is 510 g/mol. The number of benzene rings is 1. The van der Waals surface area contributed by atoms with E-state index in [1.807, 2.05) is 19.9 Å². The first-order chi connectivity index (χ1) is 15.7. The summed E-state index contributed by atoms with van der Waals surface area (Å²) in [6, 6.07) is 4.76. The second-order valence-corrected chi connectivity index (χ2v) is 9.63. The fourth-order valence-electron chi connectivity index (χ4n) is 4.21. The van der Waals surface area contributed by atoms with E-state index in [1.54, 1.807) is 23.2 Å². The molecule has 0 aliphatic carbocycles. The molecule has 8 nitrogen and oxygen atoms in total. The van der Waals surface area contributed by atoms with Crippen LogP contribution in [0.5, 0.6) is 0 Å². The first kappa shape index (κ1) is 23.9. The van der Waals surface area contributed by atoms with Crippen molar-refractivity contribution >= 4 is 58.4 Å². The predicted molar refractivity (Wildman–Crippen MR) is 130 cm³/mol. The maximum atomic E-state index is 12.8. The average Bonchev–Trinajstić information content (AvgIpc) is 3.21. The van der Waals surface area contributed by atoms with Crippen LogP contribution in [0.1, 0.15) is 38.3 Å². The third-order valence-corrected chi connectivity index (χ3v) is 6.84. The number of anilines is 2. The molecule has 3 heterocycles. The van der Waals surface area contributed by atoms with E-state index >= 15 is 0 Å². The van der Waals surface area contributed by atoms with E-state index < -0.39 is 6.04 Å². The van der Waals surface area contributed by atoms with Gasteiger partial charge in [0.2, 0.25) is 17.8 Å². The van der Waals surface area contributed by atoms with E-state index in [-0.39, 0.29) is 23.9 Å². The Morgan fingerprint density at radius 3 is 2.70 bits per heavy atom. The highest BCUT2D eigenvalue weighted by Crippen LogP contribution is 2.31. The zero-order valence-electron chi connectivity index (χ0n) is 18.3. The van der Waals surface area contributed by atoms with Crippen LogP contribution in [0.3, 0.4) is 0 Å². The number of rotatable bonds is 5. The van der Waals surface area contributed by atoms with Gasteiger partial charge in [-0.3, -0.25) is 9.59 Å². The molecule has 2 aliphatic heterocycles. The summed E-state index contributed by atoms with van der Waals surface area (Å²) in [4.78, 5) is 37.2. The van der Waals surface area contributed by atoms with Gasteiger partial charge in [0.1, 0.15) is 11.1 Å². The zero-order valence-corrected chi connectivity index (χ0v) is 20.6. The van der Waals surface area contributed by atoms with Crippen LogP contribution in [0.15, 0.2) is 24.4 Å². The van der Waals surface area contributed by atoms with Crippen LogP contribution in [-0.4, -0.2) is 58.4 Å². The predicted octanol–water partition coefficient (Wildman–Crippen LogP) is 3.93. The lowest BCUT2D eigenvalue weighted by Gasteiger charge is -2.40. The Balaban J connectivity index is 1.45. The van der Waals surface area contributed by atoms with Crippen LogP contribution in [0.4, 0.5) is 11.8 Å². The minimum absolute atomic E-state index is 0.00281. The number of carbonyl (C=O) groups excluding carboxylic acids is 2. The average molecular weight is 512 g/mol. The highest BCUT2D eigenvalue weighted by atomic mass is 35.5. The summed E-state index contributed by atoms with van der Waals surface area (Å²) in [6.45, 7) is 5.61. The molecule has 0 bridgehead atoms. The van der Waals surface area contributed by atoms with Crippen LogP contribution in [-0.2, 0) is 9.59 Å². The van der Waals surface area contributed by atoms with Gasteiger partial charge in [-0.2, -0.15) is 4.98 Å². The smallest absolute Gasteiger partial charge is 0.245 e. The molecular weight excluding hydrogens is 487 g/mol. The third kappa shape index (κ3) is 5.28. The van der Waals surface area contributed by atoms with Crippen molar-refractivity contribution in [1.29, 1.82) is 0 Å². The molecule has 0 spiro atoms. The Hall–Kier alpha value is -2.29. The van der Waals surface area contributed by atoms with Crippen molar-refractivity contribution in [3.63, 3.8) is 0 Å². The molecule has 2 unspecified atom stereocenters. The zero-order chi connectivity index (χ0) is 23.7. The van der Waals surface area contributed by atoms with E-state index in [4.69, 9.17) is 34.8 Å². The van der Waals surface area contributed by atoms with Crippen molar-refractivity contribution in [2.75, 3.05) is 29.9 Å². The molecule has 1 aromatic carbocycles. The molecule has 2 N–H and O–H groups in total. The summed E-state index contributed by atoms with van der Waals surface area (Å²) in [6.07, 6.45) is 2.53. The van der Waals surface area contributed by atoms with Gasteiger partial charge in [0.05, 0.1) is 12.2 Å². The third-order valence-electron chi connectivity index (χ3n) is 6.00. The Bertz CT molecular complexity index is 1070. The normalized spacial score (nSPS) is 21.7. The number of nitrogens with one attached hydrogen (secondary N) is 2. The van der Waals surface area contributed by atoms with Crippen molar-refractivity contribution in [3.8, 4) is 0 Å². The largest absolute Gasteiger partial charge is 0.362 e. The molecule has 176 valence electrons. The molecule has 2 fully saturated rings. The van der Waals surface area contributed by atoms with Gasteiger partial charge in [0.25, 0.3) is 0 Å². The SMILES string of the molecule is CC1CN(C(=O)C2CCC(=O)N2)CCN1c1ncc(Cl)c(N[C@H](C)c2ccc(Cl)cc2Cl)n1. The van der Waals surface area contributed by atoms with E-state index in [0.717, 1.165) is 5.56 Å². The molecule has 0 radical (unpaired) electrons. The molecule has 0 saturated carbocycles. The summed E-state index contributed by atoms with van der Waals surface area (Å²) in [5.41, 5.74) is 0.872. The van der Waals surface area contributed by atoms with Crippen molar-refractivity contribution in [3.05, 3.63) is 45.0 Å². The molecule has 2 aliphatic rings. The van der Waals surface area contributed by atoms with Crippen LogP contribution >= 0.6 is 34.8 Å². The fraction of sp³-hybridized carbons (Fsp3) is 0.455. The second-order valence-electron chi connectivity index (χ2n) is 8.38. The van der Waals surface area contributed by atoms with Crippen molar-refractivity contribution in [1.82, 2.24) is 20.2 Å². The van der Waals surface area contributed by atoms with Gasteiger partial charge in [-0.25, -0.2) is 4.98 Å². The molecule has 2 amide bonds. The number of carbonyl (C=O) groups is 2. The van der Waals surface area contributed by atoms with Crippen LogP contribution < -0.4 is 15.5 Å². The summed E-state index contributed by atoms with van der Waals surface area (Å²) >= 11 is 18.7. The second kappa shape index (κ2) is 9.91. The molecule has 1 aromatic heterocycles. The minimum atomic E-state index is -0.417. The number of hydrogen-bond acceptors (Lipinski definition) is 6. The molecule has 4 rings (SSSR count). The Labute approximate surface area is 207 Å². The van der Waals surface area contributed by atoms with Crippen LogP contribution in [0, 0.1) is 0 Å². The topological polar surface area (TPSA) is 90.5 Å². The number of hydrogen-bond donors (Lipinski definition) is 2. The van der Waals surface area contributed by atoms with Crippen molar-refractivity contribution in [2.24, 2.45) is 0 Å². The lowest BCUT2D eigenvalue weighted by molar-refractivity contribution is -0.135. The summed E-state index contributed by atoms with van der Waals surface area (Å²) in [7, 11) is 0. The first-order valence-corrected chi connectivity index (χ1v) is 11.9. The first-order valence-electron chi connectivity index (χ1n) is 10.8.